The van der Waals surface area contributed by atoms with E-state index in [1.807, 2.05) is 36.4 Å². The topological polar surface area (TPSA) is 33.0 Å². The predicted molar refractivity (Wildman–Crippen MR) is 84.0 cm³/mol. The summed E-state index contributed by atoms with van der Waals surface area (Å²) in [5.41, 5.74) is 2.18. The normalized spacial score (nSPS) is 10.2. The van der Waals surface area contributed by atoms with Crippen LogP contribution in [0.25, 0.3) is 10.8 Å². The van der Waals surface area contributed by atoms with Gasteiger partial charge in [0.2, 0.25) is 0 Å². The smallest absolute Gasteiger partial charge is 0.119 e. The molecule has 0 fully saturated rings. The van der Waals surface area contributed by atoms with Crippen molar-refractivity contribution in [3.8, 4) is 11.8 Å². The average molecular weight is 273 g/mol. The van der Waals surface area contributed by atoms with E-state index >= 15 is 0 Å². The summed E-state index contributed by atoms with van der Waals surface area (Å²) in [5, 5.41) is 11.1. The molecular weight excluding hydrogens is 258 g/mol. The van der Waals surface area contributed by atoms with E-state index in [0.717, 1.165) is 11.3 Å². The van der Waals surface area contributed by atoms with Crippen LogP contribution in [-0.4, -0.2) is 0 Å². The lowest BCUT2D eigenvalue weighted by Crippen LogP contribution is -1.96. The number of hydrogen-bond acceptors (Lipinski definition) is 2. The van der Waals surface area contributed by atoms with Crippen molar-refractivity contribution < 1.29 is 4.74 Å². The lowest BCUT2D eigenvalue weighted by molar-refractivity contribution is 0.307. The molecule has 0 radical (unpaired) electrons. The van der Waals surface area contributed by atoms with Crippen LogP contribution < -0.4 is 4.74 Å². The van der Waals surface area contributed by atoms with Gasteiger partial charge in [-0.1, -0.05) is 54.6 Å². The van der Waals surface area contributed by atoms with Crippen molar-refractivity contribution >= 4 is 10.8 Å². The maximum Gasteiger partial charge on any atom is 0.119 e. The zero-order chi connectivity index (χ0) is 14.5. The number of nitrogens with zero attached hydrogens (tertiary/aromatic N) is 1. The number of fused-ring (bicyclic) bond motifs is 1. The molecule has 0 heterocycles. The van der Waals surface area contributed by atoms with E-state index in [1.54, 1.807) is 0 Å². The van der Waals surface area contributed by atoms with Gasteiger partial charge >= 0.3 is 0 Å². The Kier molecular flexibility index (Phi) is 3.84. The van der Waals surface area contributed by atoms with E-state index in [4.69, 9.17) is 10.00 Å². The van der Waals surface area contributed by atoms with Crippen LogP contribution in [-0.2, 0) is 13.0 Å². The van der Waals surface area contributed by atoms with E-state index in [0.29, 0.717) is 13.0 Å². The van der Waals surface area contributed by atoms with Crippen molar-refractivity contribution in [3.63, 3.8) is 0 Å². The summed E-state index contributed by atoms with van der Waals surface area (Å²) in [5.74, 6) is 0.824. The van der Waals surface area contributed by atoms with Crippen LogP contribution in [0.15, 0.2) is 66.7 Å². The van der Waals surface area contributed by atoms with Crippen LogP contribution in [0.5, 0.6) is 5.75 Å². The molecule has 0 spiro atoms. The quantitative estimate of drug-likeness (QED) is 0.702. The van der Waals surface area contributed by atoms with Gasteiger partial charge in [-0.15, -0.1) is 0 Å². The molecule has 0 unspecified atom stereocenters. The Bertz CT molecular complexity index is 779. The van der Waals surface area contributed by atoms with Crippen LogP contribution in [0.3, 0.4) is 0 Å². The van der Waals surface area contributed by atoms with Gasteiger partial charge in [-0.25, -0.2) is 0 Å². The minimum absolute atomic E-state index is 0.434. The van der Waals surface area contributed by atoms with Gasteiger partial charge < -0.3 is 4.74 Å². The van der Waals surface area contributed by atoms with Gasteiger partial charge in [-0.3, -0.25) is 0 Å². The van der Waals surface area contributed by atoms with E-state index in [9.17, 15) is 0 Å². The van der Waals surface area contributed by atoms with Crippen molar-refractivity contribution in [2.75, 3.05) is 0 Å². The summed E-state index contributed by atoms with van der Waals surface area (Å²) in [6.07, 6.45) is 0.434. The highest BCUT2D eigenvalue weighted by molar-refractivity contribution is 5.85. The Morgan fingerprint density at radius 2 is 1.62 bits per heavy atom. The third-order valence-electron chi connectivity index (χ3n) is 3.48. The summed E-state index contributed by atoms with van der Waals surface area (Å²) in [6.45, 7) is 0.541. The largest absolute Gasteiger partial charge is 0.489 e. The molecule has 0 aliphatic carbocycles. The molecule has 0 atom stereocenters. The lowest BCUT2D eigenvalue weighted by Gasteiger charge is -2.09. The number of rotatable bonds is 4. The minimum atomic E-state index is 0.434. The van der Waals surface area contributed by atoms with Gasteiger partial charge in [0.15, 0.2) is 0 Å². The second-order valence-electron chi connectivity index (χ2n) is 4.91. The Morgan fingerprint density at radius 1 is 0.857 bits per heavy atom. The summed E-state index contributed by atoms with van der Waals surface area (Å²) in [4.78, 5) is 0. The highest BCUT2D eigenvalue weighted by Gasteiger charge is 2.01. The van der Waals surface area contributed by atoms with E-state index in [-0.39, 0.29) is 0 Å². The number of hydrogen-bond donors (Lipinski definition) is 0. The SMILES string of the molecule is N#CCc1ccc(OCc2cccc3ccccc23)cc1. The van der Waals surface area contributed by atoms with Crippen molar-refractivity contribution in [1.82, 2.24) is 0 Å². The van der Waals surface area contributed by atoms with Crippen LogP contribution in [0.4, 0.5) is 0 Å². The average Bonchev–Trinajstić information content (AvgIpc) is 2.54. The van der Waals surface area contributed by atoms with Crippen molar-refractivity contribution in [2.24, 2.45) is 0 Å². The van der Waals surface area contributed by atoms with Crippen LogP contribution in [0, 0.1) is 11.3 Å². The number of benzene rings is 3. The maximum absolute atomic E-state index is 8.66. The predicted octanol–water partition coefficient (Wildman–Crippen LogP) is 4.48. The van der Waals surface area contributed by atoms with Gasteiger partial charge in [0, 0.05) is 0 Å². The Hall–Kier alpha value is -2.79. The molecule has 0 aromatic heterocycles. The zero-order valence-electron chi connectivity index (χ0n) is 11.6. The van der Waals surface area contributed by atoms with Crippen molar-refractivity contribution in [3.05, 3.63) is 77.9 Å². The van der Waals surface area contributed by atoms with Gasteiger partial charge in [-0.05, 0) is 34.0 Å². The fourth-order valence-corrected chi connectivity index (χ4v) is 2.37. The lowest BCUT2D eigenvalue weighted by atomic mass is 10.1. The Morgan fingerprint density at radius 3 is 2.43 bits per heavy atom. The number of ether oxygens (including phenoxy) is 1. The van der Waals surface area contributed by atoms with Crippen LogP contribution in [0.1, 0.15) is 11.1 Å². The first-order valence-electron chi connectivity index (χ1n) is 6.92. The third-order valence-corrected chi connectivity index (χ3v) is 3.48. The van der Waals surface area contributed by atoms with Gasteiger partial charge in [-0.2, -0.15) is 5.26 Å². The molecule has 3 aromatic rings. The van der Waals surface area contributed by atoms with Gasteiger partial charge in [0.05, 0.1) is 12.5 Å². The fraction of sp³-hybridized carbons (Fsp3) is 0.105. The first-order valence-corrected chi connectivity index (χ1v) is 6.92. The first kappa shape index (κ1) is 13.2. The summed E-state index contributed by atoms with van der Waals surface area (Å²) in [6, 6.07) is 24.4. The first-order chi connectivity index (χ1) is 10.4. The molecule has 0 saturated carbocycles. The molecule has 0 bridgehead atoms. The molecule has 0 aliphatic heterocycles. The standard InChI is InChI=1S/C19H15NO/c20-13-12-15-8-10-18(11-9-15)21-14-17-6-3-5-16-4-1-2-7-19(16)17/h1-11H,12,14H2. The second-order valence-corrected chi connectivity index (χ2v) is 4.91. The zero-order valence-corrected chi connectivity index (χ0v) is 11.6. The molecule has 0 saturated heterocycles. The highest BCUT2D eigenvalue weighted by atomic mass is 16.5. The molecule has 2 heteroatoms. The van der Waals surface area contributed by atoms with Gasteiger partial charge in [0.1, 0.15) is 12.4 Å². The van der Waals surface area contributed by atoms with E-state index < -0.39 is 0 Å². The summed E-state index contributed by atoms with van der Waals surface area (Å²) >= 11 is 0. The maximum atomic E-state index is 8.66. The molecular formula is C19H15NO. The third kappa shape index (κ3) is 3.04. The van der Waals surface area contributed by atoms with E-state index in [2.05, 4.69) is 36.4 Å². The molecule has 3 rings (SSSR count). The molecule has 2 nitrogen and oxygen atoms in total. The molecule has 0 N–H and O–H groups in total. The fourth-order valence-electron chi connectivity index (χ4n) is 2.37. The van der Waals surface area contributed by atoms with Crippen molar-refractivity contribution in [2.45, 2.75) is 13.0 Å². The monoisotopic (exact) mass is 273 g/mol. The summed E-state index contributed by atoms with van der Waals surface area (Å²) < 4.78 is 5.85. The highest BCUT2D eigenvalue weighted by Crippen LogP contribution is 2.21. The van der Waals surface area contributed by atoms with Crippen LogP contribution >= 0.6 is 0 Å². The molecule has 0 aliphatic rings. The van der Waals surface area contributed by atoms with Crippen LogP contribution in [0.2, 0.25) is 0 Å². The molecule has 3 aromatic carbocycles. The Labute approximate surface area is 124 Å². The van der Waals surface area contributed by atoms with Crippen molar-refractivity contribution in [1.29, 1.82) is 5.26 Å². The molecule has 21 heavy (non-hydrogen) atoms. The molecule has 0 amide bonds. The second kappa shape index (κ2) is 6.11. The number of nitriles is 1. The minimum Gasteiger partial charge on any atom is -0.489 e. The summed E-state index contributed by atoms with van der Waals surface area (Å²) in [7, 11) is 0. The molecule has 102 valence electrons. The van der Waals surface area contributed by atoms with E-state index in [1.165, 1.54) is 16.3 Å². The Balaban J connectivity index is 1.76. The van der Waals surface area contributed by atoms with Gasteiger partial charge in [0.25, 0.3) is 0 Å².